The number of piperidine rings is 1. The lowest BCUT2D eigenvalue weighted by Crippen LogP contribution is -2.53. The fourth-order valence-corrected chi connectivity index (χ4v) is 3.06. The molecule has 0 aromatic rings. The Labute approximate surface area is 144 Å². The second kappa shape index (κ2) is 8.16. The number of aliphatic hydroxyl groups is 1. The average Bonchev–Trinajstić information content (AvgIpc) is 2.49. The number of aliphatic hydroxyl groups excluding tert-OH is 1. The van der Waals surface area contributed by atoms with Crippen LogP contribution in [0, 0.1) is 0 Å². The molecule has 0 aromatic carbocycles. The first-order chi connectivity index (χ1) is 11.2. The van der Waals surface area contributed by atoms with E-state index in [0.29, 0.717) is 13.1 Å². The molecule has 0 spiro atoms. The number of rotatable bonds is 4. The highest BCUT2D eigenvalue weighted by Gasteiger charge is 2.30. The van der Waals surface area contributed by atoms with Gasteiger partial charge in [0.2, 0.25) is 5.91 Å². The minimum absolute atomic E-state index is 0.0128. The van der Waals surface area contributed by atoms with Crippen molar-refractivity contribution in [2.24, 2.45) is 0 Å². The second-order valence-corrected chi connectivity index (χ2v) is 7.71. The van der Waals surface area contributed by atoms with Crippen LogP contribution in [0.5, 0.6) is 0 Å². The van der Waals surface area contributed by atoms with Crippen LogP contribution in [0.1, 0.15) is 40.0 Å². The third kappa shape index (κ3) is 5.94. The highest BCUT2D eigenvalue weighted by molar-refractivity contribution is 5.83. The number of amides is 2. The minimum Gasteiger partial charge on any atom is -0.444 e. The molecule has 0 atom stereocenters. The van der Waals surface area contributed by atoms with E-state index in [2.05, 4.69) is 4.90 Å². The third-order valence-electron chi connectivity index (χ3n) is 4.43. The molecule has 2 aliphatic heterocycles. The van der Waals surface area contributed by atoms with E-state index in [0.717, 1.165) is 45.4 Å². The highest BCUT2D eigenvalue weighted by Crippen LogP contribution is 2.13. The van der Waals surface area contributed by atoms with Gasteiger partial charge in [-0.3, -0.25) is 9.69 Å². The topological polar surface area (TPSA) is 73.3 Å². The van der Waals surface area contributed by atoms with E-state index in [4.69, 9.17) is 4.74 Å². The van der Waals surface area contributed by atoms with Crippen molar-refractivity contribution in [1.82, 2.24) is 14.7 Å². The third-order valence-corrected chi connectivity index (χ3v) is 4.43. The summed E-state index contributed by atoms with van der Waals surface area (Å²) in [5.74, 6) is -0.0128. The van der Waals surface area contributed by atoms with Crippen molar-refractivity contribution in [2.75, 3.05) is 45.8 Å². The summed E-state index contributed by atoms with van der Waals surface area (Å²) in [5.41, 5.74) is -0.542. The summed E-state index contributed by atoms with van der Waals surface area (Å²) in [6.07, 6.45) is 2.04. The van der Waals surface area contributed by atoms with Crippen LogP contribution in [-0.4, -0.2) is 89.3 Å². The lowest BCUT2D eigenvalue weighted by molar-refractivity contribution is -0.135. The molecule has 0 bridgehead atoms. The van der Waals surface area contributed by atoms with Crippen LogP contribution in [-0.2, 0) is 9.53 Å². The quantitative estimate of drug-likeness (QED) is 0.823. The largest absolute Gasteiger partial charge is 0.444 e. The molecule has 0 aliphatic carbocycles. The van der Waals surface area contributed by atoms with Crippen molar-refractivity contribution in [3.8, 4) is 0 Å². The molecule has 2 rings (SSSR count). The molecular formula is C17H31N3O4. The maximum Gasteiger partial charge on any atom is 0.410 e. The van der Waals surface area contributed by atoms with E-state index in [-0.39, 0.29) is 18.6 Å². The molecule has 24 heavy (non-hydrogen) atoms. The van der Waals surface area contributed by atoms with E-state index in [1.165, 1.54) is 4.90 Å². The lowest BCUT2D eigenvalue weighted by Gasteiger charge is -2.36. The first kappa shape index (κ1) is 19.0. The molecule has 7 nitrogen and oxygen atoms in total. The Hall–Kier alpha value is -1.34. The second-order valence-electron chi connectivity index (χ2n) is 7.71. The van der Waals surface area contributed by atoms with E-state index in [9.17, 15) is 14.7 Å². The number of hydrogen-bond acceptors (Lipinski definition) is 5. The molecule has 2 fully saturated rings. The Morgan fingerprint density at radius 1 is 1.17 bits per heavy atom. The van der Waals surface area contributed by atoms with Gasteiger partial charge in [-0.05, 0) is 46.6 Å². The molecular weight excluding hydrogens is 310 g/mol. The van der Waals surface area contributed by atoms with Crippen LogP contribution in [0.15, 0.2) is 0 Å². The van der Waals surface area contributed by atoms with Gasteiger partial charge in [0.25, 0.3) is 0 Å². The summed E-state index contributed by atoms with van der Waals surface area (Å²) in [5, 5.41) is 9.51. The van der Waals surface area contributed by atoms with Crippen molar-refractivity contribution in [1.29, 1.82) is 0 Å². The number of carbonyl (C=O) groups is 2. The molecule has 1 N–H and O–H groups in total. The maximum atomic E-state index is 12.2. The van der Waals surface area contributed by atoms with E-state index in [1.54, 1.807) is 0 Å². The van der Waals surface area contributed by atoms with Crippen LogP contribution in [0.25, 0.3) is 0 Å². The van der Waals surface area contributed by atoms with E-state index < -0.39 is 11.7 Å². The van der Waals surface area contributed by atoms with Gasteiger partial charge in [-0.15, -0.1) is 0 Å². The molecule has 2 saturated heterocycles. The zero-order chi connectivity index (χ0) is 17.7. The number of likely N-dealkylation sites (tertiary alicyclic amines) is 1. The zero-order valence-electron chi connectivity index (χ0n) is 15.2. The Morgan fingerprint density at radius 2 is 1.83 bits per heavy atom. The number of hydrogen-bond donors (Lipinski definition) is 1. The van der Waals surface area contributed by atoms with Crippen molar-refractivity contribution < 1.29 is 19.4 Å². The van der Waals surface area contributed by atoms with Crippen LogP contribution >= 0.6 is 0 Å². The van der Waals surface area contributed by atoms with Gasteiger partial charge in [0.05, 0.1) is 6.10 Å². The number of carbonyl (C=O) groups excluding carboxylic acids is 2. The monoisotopic (exact) mass is 341 g/mol. The van der Waals surface area contributed by atoms with Crippen LogP contribution < -0.4 is 0 Å². The smallest absolute Gasteiger partial charge is 0.410 e. The fourth-order valence-electron chi connectivity index (χ4n) is 3.06. The summed E-state index contributed by atoms with van der Waals surface area (Å²) in [6, 6.07) is 0. The van der Waals surface area contributed by atoms with Crippen LogP contribution in [0.4, 0.5) is 4.79 Å². The van der Waals surface area contributed by atoms with E-state index >= 15 is 0 Å². The molecule has 7 heteroatoms. The van der Waals surface area contributed by atoms with Gasteiger partial charge in [0.15, 0.2) is 0 Å². The predicted molar refractivity (Wildman–Crippen MR) is 90.7 cm³/mol. The first-order valence-electron chi connectivity index (χ1n) is 8.91. The van der Waals surface area contributed by atoms with Gasteiger partial charge in [-0.1, -0.05) is 0 Å². The van der Waals surface area contributed by atoms with Gasteiger partial charge < -0.3 is 19.6 Å². The number of piperazine rings is 1. The van der Waals surface area contributed by atoms with Crippen molar-refractivity contribution in [3.63, 3.8) is 0 Å². The molecule has 138 valence electrons. The molecule has 2 heterocycles. The number of ether oxygens (including phenoxy) is 1. The Balaban J connectivity index is 1.68. The summed E-state index contributed by atoms with van der Waals surface area (Å²) >= 11 is 0. The summed E-state index contributed by atoms with van der Waals surface area (Å²) in [6.45, 7) is 10.2. The summed E-state index contributed by atoms with van der Waals surface area (Å²) in [7, 11) is 0. The Kier molecular flexibility index (Phi) is 6.46. The SMILES string of the molecule is CC(C)(C)OC(=O)N1CCN(CCCN2CCC(O)CC2)C(=O)C1. The first-order valence-corrected chi connectivity index (χ1v) is 8.91. The molecule has 0 aromatic heterocycles. The van der Waals surface area contributed by atoms with Crippen molar-refractivity contribution in [2.45, 2.75) is 51.7 Å². The standard InChI is InChI=1S/C17H31N3O4/c1-17(2,3)24-16(23)20-12-11-19(15(22)13-20)8-4-7-18-9-5-14(21)6-10-18/h14,21H,4-13H2,1-3H3. The molecule has 2 amide bonds. The highest BCUT2D eigenvalue weighted by atomic mass is 16.6. The normalized spacial score (nSPS) is 21.2. The van der Waals surface area contributed by atoms with Crippen molar-refractivity contribution >= 4 is 12.0 Å². The van der Waals surface area contributed by atoms with E-state index in [1.807, 2.05) is 25.7 Å². The fraction of sp³-hybridized carbons (Fsp3) is 0.882. The molecule has 2 aliphatic rings. The van der Waals surface area contributed by atoms with Gasteiger partial charge in [-0.2, -0.15) is 0 Å². The van der Waals surface area contributed by atoms with Gasteiger partial charge >= 0.3 is 6.09 Å². The Morgan fingerprint density at radius 3 is 2.42 bits per heavy atom. The Bertz CT molecular complexity index is 442. The van der Waals surface area contributed by atoms with Crippen LogP contribution in [0.3, 0.4) is 0 Å². The van der Waals surface area contributed by atoms with Gasteiger partial charge in [0.1, 0.15) is 12.1 Å². The van der Waals surface area contributed by atoms with Crippen molar-refractivity contribution in [3.05, 3.63) is 0 Å². The average molecular weight is 341 g/mol. The van der Waals surface area contributed by atoms with Crippen LogP contribution in [0.2, 0.25) is 0 Å². The molecule has 0 radical (unpaired) electrons. The zero-order valence-corrected chi connectivity index (χ0v) is 15.2. The van der Waals surface area contributed by atoms with Gasteiger partial charge in [0, 0.05) is 32.7 Å². The van der Waals surface area contributed by atoms with Gasteiger partial charge in [-0.25, -0.2) is 4.79 Å². The minimum atomic E-state index is -0.542. The molecule has 0 unspecified atom stereocenters. The summed E-state index contributed by atoms with van der Waals surface area (Å²) in [4.78, 5) is 29.9. The maximum absolute atomic E-state index is 12.2. The predicted octanol–water partition coefficient (Wildman–Crippen LogP) is 0.912. The molecule has 0 saturated carbocycles. The number of nitrogens with zero attached hydrogens (tertiary/aromatic N) is 3. The summed E-state index contributed by atoms with van der Waals surface area (Å²) < 4.78 is 5.32. The lowest BCUT2D eigenvalue weighted by atomic mass is 10.1.